The zero-order valence-electron chi connectivity index (χ0n) is 13.1. The Kier molecular flexibility index (Phi) is 4.02. The molecule has 1 aromatic carbocycles. The van der Waals surface area contributed by atoms with E-state index in [1.165, 1.54) is 27.7 Å². The first-order chi connectivity index (χ1) is 12.1. The first-order valence-electron chi connectivity index (χ1n) is 7.43. The molecule has 0 saturated heterocycles. The maximum absolute atomic E-state index is 12.6. The van der Waals surface area contributed by atoms with Crippen molar-refractivity contribution in [3.8, 4) is 0 Å². The van der Waals surface area contributed by atoms with Crippen molar-refractivity contribution in [3.63, 3.8) is 0 Å². The number of thioether (sulfide) groups is 1. The van der Waals surface area contributed by atoms with Gasteiger partial charge in [0.1, 0.15) is 11.0 Å². The molecule has 4 aromatic rings. The van der Waals surface area contributed by atoms with Crippen molar-refractivity contribution in [3.05, 3.63) is 46.2 Å². The molecule has 25 heavy (non-hydrogen) atoms. The van der Waals surface area contributed by atoms with E-state index in [1.807, 2.05) is 24.3 Å². The predicted molar refractivity (Wildman–Crippen MR) is 100 cm³/mol. The first kappa shape index (κ1) is 15.9. The van der Waals surface area contributed by atoms with E-state index in [0.717, 1.165) is 10.9 Å². The van der Waals surface area contributed by atoms with E-state index in [4.69, 9.17) is 0 Å². The number of anilines is 1. The Morgan fingerprint density at radius 2 is 2.24 bits per heavy atom. The van der Waals surface area contributed by atoms with Crippen LogP contribution < -0.4 is 10.9 Å². The van der Waals surface area contributed by atoms with E-state index in [0.29, 0.717) is 21.3 Å². The quantitative estimate of drug-likeness (QED) is 0.425. The minimum Gasteiger partial charge on any atom is -0.349 e. The van der Waals surface area contributed by atoms with E-state index >= 15 is 0 Å². The zero-order valence-corrected chi connectivity index (χ0v) is 14.8. The molecule has 0 aliphatic carbocycles. The normalized spacial score (nSPS) is 11.2. The van der Waals surface area contributed by atoms with Crippen LogP contribution in [0.3, 0.4) is 0 Å². The Morgan fingerprint density at radius 3 is 3.04 bits per heavy atom. The van der Waals surface area contributed by atoms with Crippen LogP contribution in [0, 0.1) is 0 Å². The van der Waals surface area contributed by atoms with E-state index in [2.05, 4.69) is 20.3 Å². The van der Waals surface area contributed by atoms with Crippen molar-refractivity contribution >= 4 is 56.1 Å². The van der Waals surface area contributed by atoms with Crippen LogP contribution in [0.4, 0.5) is 5.13 Å². The Labute approximate surface area is 150 Å². The van der Waals surface area contributed by atoms with E-state index in [1.54, 1.807) is 18.6 Å². The number of nitrogens with zero attached hydrogens (tertiary/aromatic N) is 3. The lowest BCUT2D eigenvalue weighted by atomic mass is 10.2. The van der Waals surface area contributed by atoms with Gasteiger partial charge in [-0.05, 0) is 6.07 Å². The van der Waals surface area contributed by atoms with Gasteiger partial charge in [0.15, 0.2) is 10.3 Å². The summed E-state index contributed by atoms with van der Waals surface area (Å²) in [4.78, 5) is 36.3. The fourth-order valence-electron chi connectivity index (χ4n) is 2.52. The third-order valence-electron chi connectivity index (χ3n) is 3.70. The monoisotopic (exact) mass is 371 g/mol. The highest BCUT2D eigenvalue weighted by Crippen LogP contribution is 2.24. The summed E-state index contributed by atoms with van der Waals surface area (Å²) in [5.41, 5.74) is 1.80. The average molecular weight is 371 g/mol. The number of rotatable bonds is 4. The zero-order chi connectivity index (χ0) is 17.4. The summed E-state index contributed by atoms with van der Waals surface area (Å²) in [6.07, 6.45) is 1.63. The van der Waals surface area contributed by atoms with Crippen molar-refractivity contribution in [1.82, 2.24) is 19.5 Å². The fourth-order valence-corrected chi connectivity index (χ4v) is 3.83. The van der Waals surface area contributed by atoms with Crippen LogP contribution in [-0.4, -0.2) is 31.2 Å². The fraction of sp³-hybridized carbons (Fsp3) is 0.125. The number of aromatic nitrogens is 4. The van der Waals surface area contributed by atoms with Gasteiger partial charge in [-0.15, -0.1) is 11.3 Å². The van der Waals surface area contributed by atoms with Gasteiger partial charge in [-0.2, -0.15) is 0 Å². The van der Waals surface area contributed by atoms with Crippen LogP contribution >= 0.6 is 23.1 Å². The molecule has 0 aliphatic heterocycles. The minimum atomic E-state index is -0.187. The number of nitrogens with one attached hydrogen (secondary N) is 2. The molecule has 0 bridgehead atoms. The smallest absolute Gasteiger partial charge is 0.278 e. The third-order valence-corrected chi connectivity index (χ3v) is 5.42. The van der Waals surface area contributed by atoms with Crippen LogP contribution in [0.25, 0.3) is 21.9 Å². The molecular formula is C16H13N5O2S2. The number of hydrogen-bond acceptors (Lipinski definition) is 6. The second-order valence-electron chi connectivity index (χ2n) is 5.33. The van der Waals surface area contributed by atoms with Gasteiger partial charge in [0.05, 0.1) is 5.75 Å². The molecule has 4 rings (SSSR count). The average Bonchev–Trinajstić information content (AvgIpc) is 3.24. The molecule has 3 heterocycles. The van der Waals surface area contributed by atoms with Crippen molar-refractivity contribution in [2.45, 2.75) is 5.16 Å². The highest BCUT2D eigenvalue weighted by atomic mass is 32.2. The molecule has 3 aromatic heterocycles. The summed E-state index contributed by atoms with van der Waals surface area (Å²) < 4.78 is 1.46. The summed E-state index contributed by atoms with van der Waals surface area (Å²) in [6.45, 7) is 0. The maximum atomic E-state index is 12.6. The second-order valence-corrected chi connectivity index (χ2v) is 7.16. The largest absolute Gasteiger partial charge is 0.349 e. The number of carbonyl (C=O) groups is 1. The summed E-state index contributed by atoms with van der Waals surface area (Å²) in [7, 11) is 1.65. The van der Waals surface area contributed by atoms with E-state index in [9.17, 15) is 9.59 Å². The molecule has 1 amide bonds. The summed E-state index contributed by atoms with van der Waals surface area (Å²) in [5.74, 6) is -0.0403. The summed E-state index contributed by atoms with van der Waals surface area (Å²) in [6, 6.07) is 7.64. The topological polar surface area (TPSA) is 92.7 Å². The number of thiazole rings is 1. The highest BCUT2D eigenvalue weighted by molar-refractivity contribution is 7.99. The second kappa shape index (κ2) is 6.34. The van der Waals surface area contributed by atoms with Gasteiger partial charge in [0.2, 0.25) is 5.91 Å². The van der Waals surface area contributed by atoms with Crippen LogP contribution in [0.1, 0.15) is 0 Å². The lowest BCUT2D eigenvalue weighted by Gasteiger charge is -2.07. The lowest BCUT2D eigenvalue weighted by Crippen LogP contribution is -2.21. The summed E-state index contributed by atoms with van der Waals surface area (Å²) >= 11 is 2.58. The molecule has 0 aliphatic rings. The van der Waals surface area contributed by atoms with E-state index < -0.39 is 0 Å². The van der Waals surface area contributed by atoms with Crippen molar-refractivity contribution in [1.29, 1.82) is 0 Å². The van der Waals surface area contributed by atoms with Gasteiger partial charge in [0, 0.05) is 29.5 Å². The molecule has 9 heteroatoms. The number of amides is 1. The first-order valence-corrected chi connectivity index (χ1v) is 9.29. The van der Waals surface area contributed by atoms with Crippen LogP contribution in [-0.2, 0) is 11.8 Å². The predicted octanol–water partition coefficient (Wildman–Crippen LogP) is 2.60. The Morgan fingerprint density at radius 1 is 1.40 bits per heavy atom. The van der Waals surface area contributed by atoms with Crippen molar-refractivity contribution < 1.29 is 4.79 Å². The molecule has 0 radical (unpaired) electrons. The highest BCUT2D eigenvalue weighted by Gasteiger charge is 2.15. The number of carbonyl (C=O) groups excluding carboxylic acids is 1. The lowest BCUT2D eigenvalue weighted by molar-refractivity contribution is -0.113. The number of fused-ring (bicyclic) bond motifs is 3. The number of H-pyrrole nitrogens is 1. The van der Waals surface area contributed by atoms with Gasteiger partial charge in [0.25, 0.3) is 5.56 Å². The number of hydrogen-bond donors (Lipinski definition) is 2. The summed E-state index contributed by atoms with van der Waals surface area (Å²) in [5, 5.41) is 6.45. The number of benzene rings is 1. The van der Waals surface area contributed by atoms with Crippen molar-refractivity contribution in [2.24, 2.45) is 7.05 Å². The Balaban J connectivity index is 1.65. The SMILES string of the molecule is Cn1c(SCC(=O)Nc2nccs2)nc2c([nH]c3ccccc32)c1=O. The van der Waals surface area contributed by atoms with Crippen molar-refractivity contribution in [2.75, 3.05) is 11.1 Å². The Hall–Kier alpha value is -2.65. The van der Waals surface area contributed by atoms with Crippen LogP contribution in [0.15, 0.2) is 45.8 Å². The standard InChI is InChI=1S/C16H13N5O2S2/c1-21-14(23)13-12(9-4-2-3-5-10(9)18-13)20-16(21)25-8-11(22)19-15-17-6-7-24-15/h2-7,18H,8H2,1H3,(H,17,19,22). The van der Waals surface area contributed by atoms with Crippen LogP contribution in [0.2, 0.25) is 0 Å². The van der Waals surface area contributed by atoms with Gasteiger partial charge in [-0.25, -0.2) is 9.97 Å². The van der Waals surface area contributed by atoms with Crippen LogP contribution in [0.5, 0.6) is 0 Å². The number of para-hydroxylation sites is 1. The van der Waals surface area contributed by atoms with Gasteiger partial charge >= 0.3 is 0 Å². The molecule has 2 N–H and O–H groups in total. The minimum absolute atomic E-state index is 0.147. The van der Waals surface area contributed by atoms with Gasteiger partial charge in [-0.1, -0.05) is 30.0 Å². The number of aromatic amines is 1. The molecule has 0 unspecified atom stereocenters. The molecule has 126 valence electrons. The van der Waals surface area contributed by atoms with Gasteiger partial charge in [-0.3, -0.25) is 14.2 Å². The Bertz CT molecular complexity index is 1130. The molecule has 0 saturated carbocycles. The molecule has 0 spiro atoms. The third kappa shape index (κ3) is 2.92. The molecule has 7 nitrogen and oxygen atoms in total. The van der Waals surface area contributed by atoms with E-state index in [-0.39, 0.29) is 17.2 Å². The maximum Gasteiger partial charge on any atom is 0.278 e. The molecule has 0 atom stereocenters. The molecular weight excluding hydrogens is 358 g/mol. The van der Waals surface area contributed by atoms with Gasteiger partial charge < -0.3 is 10.3 Å². The molecule has 0 fully saturated rings.